The first-order valence-corrected chi connectivity index (χ1v) is 11.8. The topological polar surface area (TPSA) is 108 Å². The zero-order chi connectivity index (χ0) is 24.7. The minimum atomic E-state index is -0.906. The molecular formula is C23H22F2N6O3S. The molecule has 1 unspecified atom stereocenters. The molecule has 0 radical (unpaired) electrons. The summed E-state index contributed by atoms with van der Waals surface area (Å²) in [5.74, 6) is -1.36. The summed E-state index contributed by atoms with van der Waals surface area (Å²) in [6.45, 7) is 2.12. The second kappa shape index (κ2) is 8.84. The average Bonchev–Trinajstić information content (AvgIpc) is 3.23. The van der Waals surface area contributed by atoms with Crippen molar-refractivity contribution in [1.82, 2.24) is 30.2 Å². The van der Waals surface area contributed by atoms with Gasteiger partial charge < -0.3 is 14.6 Å². The Balaban J connectivity index is 1.41. The van der Waals surface area contributed by atoms with Crippen molar-refractivity contribution in [2.75, 3.05) is 13.7 Å². The number of amides is 1. The van der Waals surface area contributed by atoms with Crippen LogP contribution in [0.2, 0.25) is 0 Å². The lowest BCUT2D eigenvalue weighted by atomic mass is 9.84. The Hall–Kier alpha value is -3.67. The van der Waals surface area contributed by atoms with Gasteiger partial charge in [-0.15, -0.1) is 11.3 Å². The number of aromatic nitrogens is 5. The number of rotatable bonds is 8. The fourth-order valence-electron chi connectivity index (χ4n) is 3.88. The van der Waals surface area contributed by atoms with Crippen LogP contribution in [0, 0.1) is 11.6 Å². The number of methoxy groups -OCH3 is 1. The molecule has 0 saturated heterocycles. The molecule has 0 spiro atoms. The number of aryl methyl sites for hydroxylation is 1. The minimum absolute atomic E-state index is 0.0154. The highest BCUT2D eigenvalue weighted by molar-refractivity contribution is 7.09. The van der Waals surface area contributed by atoms with E-state index in [1.165, 1.54) is 17.4 Å². The molecule has 1 aliphatic carbocycles. The van der Waals surface area contributed by atoms with E-state index in [-0.39, 0.29) is 23.7 Å². The predicted octanol–water partition coefficient (Wildman–Crippen LogP) is 3.83. The second-order valence-corrected chi connectivity index (χ2v) is 9.48. The highest BCUT2D eigenvalue weighted by Gasteiger charge is 2.39. The van der Waals surface area contributed by atoms with Crippen LogP contribution in [0.3, 0.4) is 0 Å². The third-order valence-electron chi connectivity index (χ3n) is 6.05. The normalized spacial score (nSPS) is 15.1. The molecule has 1 fully saturated rings. The number of hydrogen-bond donors (Lipinski definition) is 1. The van der Waals surface area contributed by atoms with E-state index in [1.807, 2.05) is 6.92 Å². The summed E-state index contributed by atoms with van der Waals surface area (Å²) in [6.07, 6.45) is 4.83. The van der Waals surface area contributed by atoms with E-state index in [1.54, 1.807) is 25.0 Å². The van der Waals surface area contributed by atoms with Crippen molar-refractivity contribution in [1.29, 1.82) is 0 Å². The molecule has 0 aromatic carbocycles. The number of nitrogens with one attached hydrogen (secondary N) is 1. The number of thiazole rings is 1. The van der Waals surface area contributed by atoms with Crippen LogP contribution in [0.4, 0.5) is 8.78 Å². The van der Waals surface area contributed by atoms with Crippen molar-refractivity contribution in [3.8, 4) is 17.3 Å². The molecule has 1 amide bonds. The molecule has 1 atom stereocenters. The molecule has 4 aromatic heterocycles. The second-order valence-electron chi connectivity index (χ2n) is 8.62. The Kier molecular flexibility index (Phi) is 5.83. The van der Waals surface area contributed by atoms with Crippen LogP contribution in [0.15, 0.2) is 34.4 Å². The van der Waals surface area contributed by atoms with E-state index in [0.29, 0.717) is 17.9 Å². The molecule has 5 rings (SSSR count). The third-order valence-corrected chi connectivity index (χ3v) is 7.17. The lowest BCUT2D eigenvalue weighted by molar-refractivity contribution is 0.0910. The van der Waals surface area contributed by atoms with E-state index in [9.17, 15) is 13.6 Å². The summed E-state index contributed by atoms with van der Waals surface area (Å²) in [4.78, 5) is 21.5. The average molecular weight is 501 g/mol. The lowest BCUT2D eigenvalue weighted by Crippen LogP contribution is -2.39. The number of ether oxygens (including phenoxy) is 1. The van der Waals surface area contributed by atoms with Crippen LogP contribution in [0.5, 0.6) is 5.88 Å². The van der Waals surface area contributed by atoms with Gasteiger partial charge in [0.15, 0.2) is 5.82 Å². The van der Waals surface area contributed by atoms with E-state index in [0.717, 1.165) is 35.3 Å². The van der Waals surface area contributed by atoms with Gasteiger partial charge in [0.05, 0.1) is 30.6 Å². The Morgan fingerprint density at radius 3 is 2.86 bits per heavy atom. The van der Waals surface area contributed by atoms with Crippen LogP contribution in [-0.4, -0.2) is 44.5 Å². The van der Waals surface area contributed by atoms with Gasteiger partial charge in [-0.3, -0.25) is 4.79 Å². The molecule has 35 heavy (non-hydrogen) atoms. The van der Waals surface area contributed by atoms with Gasteiger partial charge >= 0.3 is 0 Å². The van der Waals surface area contributed by atoms with E-state index in [4.69, 9.17) is 14.2 Å². The monoisotopic (exact) mass is 500 g/mol. The minimum Gasteiger partial charge on any atom is -0.481 e. The SMILES string of the molecule is COc1c(C(C)(CNC(=O)c2cc(-c3ncc(F)cc3F)no2)c2nc(C3CC3)cs2)cnn1C. The van der Waals surface area contributed by atoms with Crippen LogP contribution >= 0.6 is 11.3 Å². The van der Waals surface area contributed by atoms with Crippen LogP contribution in [0.1, 0.15) is 52.5 Å². The predicted molar refractivity (Wildman–Crippen MR) is 122 cm³/mol. The summed E-state index contributed by atoms with van der Waals surface area (Å²) < 4.78 is 39.5. The molecule has 4 aromatic rings. The molecule has 1 aliphatic rings. The largest absolute Gasteiger partial charge is 0.481 e. The number of nitrogens with zero attached hydrogens (tertiary/aromatic N) is 5. The molecule has 1 N–H and O–H groups in total. The highest BCUT2D eigenvalue weighted by atomic mass is 32.1. The fraction of sp³-hybridized carbons (Fsp3) is 0.348. The summed E-state index contributed by atoms with van der Waals surface area (Å²) in [5, 5.41) is 13.8. The Labute approximate surface area is 203 Å². The fourth-order valence-corrected chi connectivity index (χ4v) is 4.96. The van der Waals surface area contributed by atoms with Gasteiger partial charge in [-0.1, -0.05) is 5.16 Å². The van der Waals surface area contributed by atoms with Crippen molar-refractivity contribution in [2.45, 2.75) is 31.1 Å². The van der Waals surface area contributed by atoms with E-state index < -0.39 is 23.0 Å². The highest BCUT2D eigenvalue weighted by Crippen LogP contribution is 2.44. The van der Waals surface area contributed by atoms with Crippen LogP contribution in [0.25, 0.3) is 11.4 Å². The Morgan fingerprint density at radius 1 is 1.34 bits per heavy atom. The quantitative estimate of drug-likeness (QED) is 0.392. The number of carbonyl (C=O) groups excluding carboxylic acids is 1. The van der Waals surface area contributed by atoms with Gasteiger partial charge in [-0.25, -0.2) is 23.4 Å². The van der Waals surface area contributed by atoms with Gasteiger partial charge in [0.2, 0.25) is 11.6 Å². The molecule has 4 heterocycles. The first-order chi connectivity index (χ1) is 16.8. The Morgan fingerprint density at radius 2 is 2.14 bits per heavy atom. The molecule has 12 heteroatoms. The molecular weight excluding hydrogens is 478 g/mol. The van der Waals surface area contributed by atoms with E-state index >= 15 is 0 Å². The van der Waals surface area contributed by atoms with Crippen LogP contribution in [-0.2, 0) is 12.5 Å². The standard InChI is InChI=1S/C23H22F2N6O3S/c1-23(14-9-28-31(2)21(14)33-3,22-29-17(10-35-22)12-4-5-12)11-27-20(32)18-7-16(30-34-18)19-15(25)6-13(24)8-26-19/h6-10,12H,4-5,11H2,1-3H3,(H,27,32). The summed E-state index contributed by atoms with van der Waals surface area (Å²) in [5.41, 5.74) is 0.850. The van der Waals surface area contributed by atoms with Crippen molar-refractivity contribution in [3.63, 3.8) is 0 Å². The smallest absolute Gasteiger partial charge is 0.289 e. The molecule has 9 nitrogen and oxygen atoms in total. The van der Waals surface area contributed by atoms with Gasteiger partial charge in [0, 0.05) is 42.6 Å². The summed E-state index contributed by atoms with van der Waals surface area (Å²) in [7, 11) is 3.34. The Bertz CT molecular complexity index is 1400. The van der Waals surface area contributed by atoms with Crippen LogP contribution < -0.4 is 10.1 Å². The number of carbonyl (C=O) groups is 1. The molecule has 0 bridgehead atoms. The number of halogens is 2. The van der Waals surface area contributed by atoms with E-state index in [2.05, 4.69) is 25.9 Å². The lowest BCUT2D eigenvalue weighted by Gasteiger charge is -2.27. The van der Waals surface area contributed by atoms with Gasteiger partial charge in [-0.2, -0.15) is 5.10 Å². The van der Waals surface area contributed by atoms with Crippen molar-refractivity contribution in [2.24, 2.45) is 7.05 Å². The molecule has 1 saturated carbocycles. The van der Waals surface area contributed by atoms with Crippen molar-refractivity contribution < 1.29 is 22.8 Å². The maximum atomic E-state index is 14.1. The summed E-state index contributed by atoms with van der Waals surface area (Å²) in [6, 6.07) is 1.95. The first kappa shape index (κ1) is 23.1. The van der Waals surface area contributed by atoms with Crippen molar-refractivity contribution >= 4 is 17.2 Å². The summed E-state index contributed by atoms with van der Waals surface area (Å²) >= 11 is 1.53. The van der Waals surface area contributed by atoms with Gasteiger partial charge in [0.25, 0.3) is 5.91 Å². The maximum Gasteiger partial charge on any atom is 0.289 e. The number of pyridine rings is 1. The first-order valence-electron chi connectivity index (χ1n) is 10.9. The van der Waals surface area contributed by atoms with Gasteiger partial charge in [-0.05, 0) is 19.8 Å². The molecule has 182 valence electrons. The number of hydrogen-bond acceptors (Lipinski definition) is 8. The third kappa shape index (κ3) is 4.29. The molecule has 0 aliphatic heterocycles. The maximum absolute atomic E-state index is 14.1. The zero-order valence-corrected chi connectivity index (χ0v) is 20.0. The van der Waals surface area contributed by atoms with Crippen molar-refractivity contribution in [3.05, 3.63) is 63.6 Å². The zero-order valence-electron chi connectivity index (χ0n) is 19.2. The van der Waals surface area contributed by atoms with Gasteiger partial charge in [0.1, 0.15) is 22.2 Å².